The summed E-state index contributed by atoms with van der Waals surface area (Å²) >= 11 is 0. The van der Waals surface area contributed by atoms with E-state index in [0.29, 0.717) is 23.3 Å². The van der Waals surface area contributed by atoms with Gasteiger partial charge in [-0.1, -0.05) is 18.2 Å². The van der Waals surface area contributed by atoms with Gasteiger partial charge in [-0.2, -0.15) is 0 Å². The summed E-state index contributed by atoms with van der Waals surface area (Å²) in [4.78, 5) is 16.0. The van der Waals surface area contributed by atoms with Gasteiger partial charge in [0.25, 0.3) is 10.0 Å². The minimum atomic E-state index is -3.87. The van der Waals surface area contributed by atoms with Gasteiger partial charge in [-0.3, -0.25) is 14.3 Å². The number of para-hydroxylation sites is 1. The van der Waals surface area contributed by atoms with Gasteiger partial charge in [0.1, 0.15) is 0 Å². The Morgan fingerprint density at radius 3 is 2.77 bits per heavy atom. The summed E-state index contributed by atoms with van der Waals surface area (Å²) in [5, 5.41) is 0.828. The molecule has 4 aromatic rings. The van der Waals surface area contributed by atoms with Crippen molar-refractivity contribution in [1.82, 2.24) is 9.55 Å². The van der Waals surface area contributed by atoms with Crippen LogP contribution in [0.4, 0.5) is 5.69 Å². The molecule has 0 bridgehead atoms. The molecule has 0 aliphatic rings. The lowest BCUT2D eigenvalue weighted by molar-refractivity contribution is 0.512. The Hall–Kier alpha value is -3.13. The number of nitrogens with zero attached hydrogens (tertiary/aromatic N) is 2. The molecule has 0 saturated carbocycles. The molecule has 0 aliphatic carbocycles. The second-order valence-corrected chi connectivity index (χ2v) is 7.41. The monoisotopic (exact) mass is 369 g/mol. The molecule has 0 unspecified atom stereocenters. The highest BCUT2D eigenvalue weighted by atomic mass is 32.2. The number of nitrogens with one attached hydrogen (secondary N) is 1. The number of fused-ring (bicyclic) bond motifs is 2. The van der Waals surface area contributed by atoms with Crippen LogP contribution in [0.1, 0.15) is 6.92 Å². The number of aryl methyl sites for hydroxylation is 1. The van der Waals surface area contributed by atoms with Crippen molar-refractivity contribution in [2.45, 2.75) is 18.4 Å². The molecule has 4 rings (SSSR count). The highest BCUT2D eigenvalue weighted by Crippen LogP contribution is 2.25. The number of pyridine rings is 1. The number of rotatable bonds is 4. The molecule has 7 nitrogen and oxygen atoms in total. The van der Waals surface area contributed by atoms with Crippen molar-refractivity contribution in [3.8, 4) is 0 Å². The largest absolute Gasteiger partial charge is 0.419 e. The lowest BCUT2D eigenvalue weighted by atomic mass is 10.2. The normalized spacial score (nSPS) is 11.9. The Morgan fingerprint density at radius 1 is 1.15 bits per heavy atom. The van der Waals surface area contributed by atoms with Crippen LogP contribution in [0.25, 0.3) is 22.0 Å². The second kappa shape index (κ2) is 5.99. The molecule has 0 radical (unpaired) electrons. The average Bonchev–Trinajstić information content (AvgIpc) is 2.96. The number of oxazole rings is 1. The van der Waals surface area contributed by atoms with Gasteiger partial charge in [-0.25, -0.2) is 13.2 Å². The Kier molecular flexibility index (Phi) is 3.77. The molecule has 1 N–H and O–H groups in total. The van der Waals surface area contributed by atoms with Crippen LogP contribution < -0.4 is 10.5 Å². The van der Waals surface area contributed by atoms with Gasteiger partial charge in [-0.05, 0) is 31.2 Å². The maximum Gasteiger partial charge on any atom is 0.419 e. The van der Waals surface area contributed by atoms with Gasteiger partial charge < -0.3 is 4.42 Å². The van der Waals surface area contributed by atoms with Crippen molar-refractivity contribution in [3.63, 3.8) is 0 Å². The fourth-order valence-electron chi connectivity index (χ4n) is 2.90. The van der Waals surface area contributed by atoms with Crippen LogP contribution in [0.2, 0.25) is 0 Å². The molecule has 0 aliphatic heterocycles. The predicted molar refractivity (Wildman–Crippen MR) is 98.7 cm³/mol. The van der Waals surface area contributed by atoms with Crippen LogP contribution in [0.15, 0.2) is 68.8 Å². The average molecular weight is 369 g/mol. The van der Waals surface area contributed by atoms with Crippen LogP contribution >= 0.6 is 0 Å². The van der Waals surface area contributed by atoms with E-state index >= 15 is 0 Å². The number of sulfonamides is 1. The summed E-state index contributed by atoms with van der Waals surface area (Å²) in [6.45, 7) is 2.26. The summed E-state index contributed by atoms with van der Waals surface area (Å²) in [6, 6.07) is 13.3. The van der Waals surface area contributed by atoms with E-state index in [-0.39, 0.29) is 10.5 Å². The van der Waals surface area contributed by atoms with Crippen molar-refractivity contribution < 1.29 is 12.8 Å². The van der Waals surface area contributed by atoms with Crippen molar-refractivity contribution in [3.05, 3.63) is 65.3 Å². The molecule has 26 heavy (non-hydrogen) atoms. The molecule has 0 fully saturated rings. The first kappa shape index (κ1) is 16.3. The molecule has 0 spiro atoms. The highest BCUT2D eigenvalue weighted by Gasteiger charge is 2.18. The van der Waals surface area contributed by atoms with E-state index in [1.54, 1.807) is 30.5 Å². The Balaban J connectivity index is 1.79. The predicted octanol–water partition coefficient (Wildman–Crippen LogP) is 2.96. The Bertz CT molecular complexity index is 1280. The molecule has 0 saturated heterocycles. The maximum absolute atomic E-state index is 12.8. The molecule has 2 heterocycles. The van der Waals surface area contributed by atoms with E-state index in [1.165, 1.54) is 16.7 Å². The van der Waals surface area contributed by atoms with E-state index in [1.807, 2.05) is 19.1 Å². The quantitative estimate of drug-likeness (QED) is 0.597. The zero-order valence-corrected chi connectivity index (χ0v) is 14.7. The first-order valence-electron chi connectivity index (χ1n) is 7.99. The SMILES string of the molecule is CCn1c(=O)oc2cc(S(=O)(=O)Nc3cccc4cccnc34)ccc21. The van der Waals surface area contributed by atoms with Gasteiger partial charge in [0, 0.05) is 24.2 Å². The molecule has 132 valence electrons. The van der Waals surface area contributed by atoms with Crippen LogP contribution in [0.5, 0.6) is 0 Å². The second-order valence-electron chi connectivity index (χ2n) is 5.73. The fraction of sp³-hybridized carbons (Fsp3) is 0.111. The molecular formula is C18H15N3O4S. The van der Waals surface area contributed by atoms with Crippen LogP contribution in [-0.2, 0) is 16.6 Å². The van der Waals surface area contributed by atoms with Gasteiger partial charge in [0.2, 0.25) is 0 Å². The van der Waals surface area contributed by atoms with Gasteiger partial charge in [0.15, 0.2) is 5.58 Å². The van der Waals surface area contributed by atoms with Crippen molar-refractivity contribution in [2.24, 2.45) is 0 Å². The van der Waals surface area contributed by atoms with Gasteiger partial charge >= 0.3 is 5.76 Å². The molecule has 2 aromatic heterocycles. The van der Waals surface area contributed by atoms with E-state index in [2.05, 4.69) is 9.71 Å². The summed E-state index contributed by atoms with van der Waals surface area (Å²) in [6.07, 6.45) is 1.61. The third-order valence-corrected chi connectivity index (χ3v) is 5.51. The standard InChI is InChI=1S/C18H15N3O4S/c1-2-21-15-9-8-13(11-16(15)25-18(21)22)26(23,24)20-14-7-3-5-12-6-4-10-19-17(12)14/h3-11,20H,2H2,1H3. The number of hydrogen-bond donors (Lipinski definition) is 1. The first-order chi connectivity index (χ1) is 12.5. The maximum atomic E-state index is 12.8. The van der Waals surface area contributed by atoms with Crippen LogP contribution in [0, 0.1) is 0 Å². The third kappa shape index (κ3) is 2.64. The molecular weight excluding hydrogens is 354 g/mol. The lowest BCUT2D eigenvalue weighted by Crippen LogP contribution is -2.13. The number of aromatic nitrogens is 2. The molecule has 0 amide bonds. The van der Waals surface area contributed by atoms with E-state index < -0.39 is 15.8 Å². The minimum Gasteiger partial charge on any atom is -0.408 e. The number of anilines is 1. The molecule has 2 aromatic carbocycles. The highest BCUT2D eigenvalue weighted by molar-refractivity contribution is 7.92. The Labute approximate surface area is 148 Å². The van der Waals surface area contributed by atoms with Crippen LogP contribution in [-0.4, -0.2) is 18.0 Å². The van der Waals surface area contributed by atoms with Crippen LogP contribution in [0.3, 0.4) is 0 Å². The number of benzene rings is 2. The topological polar surface area (TPSA) is 94.2 Å². The van der Waals surface area contributed by atoms with E-state index in [9.17, 15) is 13.2 Å². The zero-order chi connectivity index (χ0) is 18.3. The Morgan fingerprint density at radius 2 is 1.96 bits per heavy atom. The van der Waals surface area contributed by atoms with E-state index in [0.717, 1.165) is 5.39 Å². The number of hydrogen-bond acceptors (Lipinski definition) is 5. The van der Waals surface area contributed by atoms with Gasteiger partial charge in [-0.15, -0.1) is 0 Å². The van der Waals surface area contributed by atoms with Crippen molar-refractivity contribution in [1.29, 1.82) is 0 Å². The van der Waals surface area contributed by atoms with Crippen molar-refractivity contribution in [2.75, 3.05) is 4.72 Å². The summed E-state index contributed by atoms with van der Waals surface area (Å²) in [5.41, 5.74) is 1.73. The zero-order valence-electron chi connectivity index (χ0n) is 13.8. The summed E-state index contributed by atoms with van der Waals surface area (Å²) in [5.74, 6) is -0.511. The summed E-state index contributed by atoms with van der Waals surface area (Å²) in [7, 11) is -3.87. The molecule has 8 heteroatoms. The summed E-state index contributed by atoms with van der Waals surface area (Å²) < 4.78 is 34.7. The first-order valence-corrected chi connectivity index (χ1v) is 9.48. The fourth-order valence-corrected chi connectivity index (χ4v) is 3.99. The third-order valence-electron chi connectivity index (χ3n) is 4.14. The lowest BCUT2D eigenvalue weighted by Gasteiger charge is -2.10. The smallest absolute Gasteiger partial charge is 0.408 e. The van der Waals surface area contributed by atoms with E-state index in [4.69, 9.17) is 4.42 Å². The molecule has 0 atom stereocenters. The van der Waals surface area contributed by atoms with Crippen molar-refractivity contribution >= 4 is 37.7 Å². The van der Waals surface area contributed by atoms with Gasteiger partial charge in [0.05, 0.1) is 21.6 Å². The minimum absolute atomic E-state index is 0.00920.